The molecule has 3 heterocycles. The summed E-state index contributed by atoms with van der Waals surface area (Å²) < 4.78 is 24.6. The lowest BCUT2D eigenvalue weighted by atomic mass is 10.1. The average molecular weight is 468 g/mol. The van der Waals surface area contributed by atoms with Gasteiger partial charge in [0.2, 0.25) is 0 Å². The van der Waals surface area contributed by atoms with Crippen LogP contribution in [0.2, 0.25) is 0 Å². The first kappa shape index (κ1) is 21.8. The maximum absolute atomic E-state index is 13.0. The highest BCUT2D eigenvalue weighted by Crippen LogP contribution is 2.25. The molecular weight excluding hydrogens is 442 g/mol. The summed E-state index contributed by atoms with van der Waals surface area (Å²) in [4.78, 5) is 41.6. The molecule has 2 unspecified atom stereocenters. The Hall–Kier alpha value is -3.04. The molecule has 2 saturated heterocycles. The second-order valence-corrected chi connectivity index (χ2v) is 11.1. The highest BCUT2D eigenvalue weighted by Gasteiger charge is 2.42. The molecule has 0 aromatic heterocycles. The minimum atomic E-state index is -3.21. The Morgan fingerprint density at radius 1 is 0.939 bits per heavy atom. The molecular formula is C24H25N3O5S. The number of carbonyl (C=O) groups excluding carboxylic acids is 3. The molecule has 8 nitrogen and oxygen atoms in total. The topological polar surface area (TPSA) is 104 Å². The summed E-state index contributed by atoms with van der Waals surface area (Å²) in [6, 6.07) is 12.8. The number of fused-ring (bicyclic) bond motifs is 1. The van der Waals surface area contributed by atoms with Crippen LogP contribution in [0.4, 0.5) is 0 Å². The molecule has 3 aliphatic heterocycles. The van der Waals surface area contributed by atoms with E-state index in [4.69, 9.17) is 0 Å². The Bertz CT molecular complexity index is 1200. The number of hydrogen-bond donors (Lipinski definition) is 1. The van der Waals surface area contributed by atoms with Crippen LogP contribution in [-0.2, 0) is 16.4 Å². The van der Waals surface area contributed by atoms with Crippen LogP contribution in [0.3, 0.4) is 0 Å². The van der Waals surface area contributed by atoms with Crippen molar-refractivity contribution in [2.75, 3.05) is 24.6 Å². The van der Waals surface area contributed by atoms with Gasteiger partial charge in [0.05, 0.1) is 35.2 Å². The Kier molecular flexibility index (Phi) is 5.54. The minimum absolute atomic E-state index is 0.0572. The zero-order chi connectivity index (χ0) is 23.2. The van der Waals surface area contributed by atoms with Gasteiger partial charge in [-0.15, -0.1) is 0 Å². The number of likely N-dealkylation sites (tertiary alicyclic amines) is 1. The second-order valence-electron chi connectivity index (χ2n) is 8.91. The van der Waals surface area contributed by atoms with Crippen LogP contribution in [0.5, 0.6) is 0 Å². The summed E-state index contributed by atoms with van der Waals surface area (Å²) in [5, 5.41) is 2.92. The Morgan fingerprint density at radius 2 is 1.61 bits per heavy atom. The second kappa shape index (κ2) is 8.39. The lowest BCUT2D eigenvalue weighted by Gasteiger charge is -2.28. The lowest BCUT2D eigenvalue weighted by molar-refractivity contribution is 0.0642. The first-order valence-corrected chi connectivity index (χ1v) is 12.9. The third-order valence-corrected chi connectivity index (χ3v) is 8.37. The predicted molar refractivity (Wildman–Crippen MR) is 122 cm³/mol. The predicted octanol–water partition coefficient (Wildman–Crippen LogP) is 1.47. The first-order valence-electron chi connectivity index (χ1n) is 11.1. The van der Waals surface area contributed by atoms with Crippen molar-refractivity contribution in [2.45, 2.75) is 31.5 Å². The molecule has 9 heteroatoms. The van der Waals surface area contributed by atoms with Gasteiger partial charge in [0.15, 0.2) is 9.84 Å². The fourth-order valence-electron chi connectivity index (χ4n) is 5.03. The fourth-order valence-corrected chi connectivity index (χ4v) is 6.98. The molecule has 2 aromatic rings. The van der Waals surface area contributed by atoms with E-state index in [0.717, 1.165) is 25.9 Å². The fraction of sp³-hybridized carbons (Fsp3) is 0.375. The molecule has 1 N–H and O–H groups in total. The number of hydrogen-bond acceptors (Lipinski definition) is 6. The van der Waals surface area contributed by atoms with E-state index in [2.05, 4.69) is 10.2 Å². The lowest BCUT2D eigenvalue weighted by Crippen LogP contribution is -2.50. The van der Waals surface area contributed by atoms with Gasteiger partial charge in [0.1, 0.15) is 0 Å². The molecule has 0 saturated carbocycles. The summed E-state index contributed by atoms with van der Waals surface area (Å²) in [7, 11) is -3.21. The Labute approximate surface area is 192 Å². The van der Waals surface area contributed by atoms with Gasteiger partial charge in [0.25, 0.3) is 17.7 Å². The number of imide groups is 1. The van der Waals surface area contributed by atoms with E-state index in [1.54, 1.807) is 48.5 Å². The molecule has 5 rings (SSSR count). The van der Waals surface area contributed by atoms with E-state index in [1.165, 1.54) is 4.90 Å². The van der Waals surface area contributed by atoms with Crippen molar-refractivity contribution in [3.63, 3.8) is 0 Å². The zero-order valence-electron chi connectivity index (χ0n) is 18.1. The molecule has 2 atom stereocenters. The van der Waals surface area contributed by atoms with Crippen molar-refractivity contribution in [1.29, 1.82) is 0 Å². The normalized spacial score (nSPS) is 24.3. The molecule has 0 radical (unpaired) electrons. The maximum atomic E-state index is 13.0. The van der Waals surface area contributed by atoms with Crippen LogP contribution < -0.4 is 5.32 Å². The number of nitrogens with zero attached hydrogens (tertiary/aromatic N) is 2. The van der Waals surface area contributed by atoms with Crippen LogP contribution in [0.1, 0.15) is 49.5 Å². The van der Waals surface area contributed by atoms with Gasteiger partial charge in [-0.05, 0) is 55.8 Å². The van der Waals surface area contributed by atoms with Gasteiger partial charge in [-0.3, -0.25) is 24.2 Å². The number of rotatable bonds is 5. The van der Waals surface area contributed by atoms with E-state index in [-0.39, 0.29) is 41.8 Å². The van der Waals surface area contributed by atoms with Gasteiger partial charge in [-0.2, -0.15) is 0 Å². The quantitative estimate of drug-likeness (QED) is 0.668. The van der Waals surface area contributed by atoms with Gasteiger partial charge in [-0.25, -0.2) is 8.42 Å². The SMILES string of the molecule is O=C(NC1CS(=O)(=O)CC1N1CCCC1)c1cccc(CN2C(=O)c3ccccc3C2=O)c1. The van der Waals surface area contributed by atoms with Gasteiger partial charge >= 0.3 is 0 Å². The summed E-state index contributed by atoms with van der Waals surface area (Å²) >= 11 is 0. The van der Waals surface area contributed by atoms with Crippen molar-refractivity contribution in [2.24, 2.45) is 0 Å². The van der Waals surface area contributed by atoms with Crippen molar-refractivity contribution in [1.82, 2.24) is 15.1 Å². The third-order valence-electron chi connectivity index (χ3n) is 6.66. The van der Waals surface area contributed by atoms with E-state index < -0.39 is 15.9 Å². The summed E-state index contributed by atoms with van der Waals surface area (Å²) in [5.74, 6) is -1.05. The standard InChI is InChI=1S/C24H25N3O5S/c28-22(25-20-14-33(31,32)15-21(20)26-10-3-4-11-26)17-7-5-6-16(12-17)13-27-23(29)18-8-1-2-9-19(18)24(27)30/h1-2,5-9,12,20-21H,3-4,10-11,13-15H2,(H,25,28). The van der Waals surface area contributed by atoms with Crippen LogP contribution in [0.15, 0.2) is 48.5 Å². The molecule has 2 fully saturated rings. The molecule has 0 spiro atoms. The monoisotopic (exact) mass is 467 g/mol. The smallest absolute Gasteiger partial charge is 0.261 e. The molecule has 0 bridgehead atoms. The highest BCUT2D eigenvalue weighted by atomic mass is 32.2. The number of sulfone groups is 1. The van der Waals surface area contributed by atoms with Gasteiger partial charge in [-0.1, -0.05) is 24.3 Å². The summed E-state index contributed by atoms with van der Waals surface area (Å²) in [6.45, 7) is 1.76. The van der Waals surface area contributed by atoms with E-state index in [1.807, 2.05) is 0 Å². The van der Waals surface area contributed by atoms with Crippen LogP contribution in [-0.4, -0.2) is 72.6 Å². The molecule has 172 valence electrons. The third kappa shape index (κ3) is 4.18. The number of benzene rings is 2. The van der Waals surface area contributed by atoms with Crippen molar-refractivity contribution < 1.29 is 22.8 Å². The van der Waals surface area contributed by atoms with Gasteiger partial charge in [0, 0.05) is 11.6 Å². The Balaban J connectivity index is 1.31. The molecule has 3 aliphatic rings. The largest absolute Gasteiger partial charge is 0.347 e. The summed E-state index contributed by atoms with van der Waals surface area (Å²) in [5.41, 5.74) is 1.78. The van der Waals surface area contributed by atoms with Crippen LogP contribution >= 0.6 is 0 Å². The van der Waals surface area contributed by atoms with E-state index >= 15 is 0 Å². The highest BCUT2D eigenvalue weighted by molar-refractivity contribution is 7.91. The molecule has 0 aliphatic carbocycles. The van der Waals surface area contributed by atoms with E-state index in [0.29, 0.717) is 22.3 Å². The minimum Gasteiger partial charge on any atom is -0.347 e. The van der Waals surface area contributed by atoms with Crippen molar-refractivity contribution in [3.8, 4) is 0 Å². The van der Waals surface area contributed by atoms with Gasteiger partial charge < -0.3 is 5.32 Å². The molecule has 3 amide bonds. The summed E-state index contributed by atoms with van der Waals surface area (Å²) in [6.07, 6.45) is 2.08. The van der Waals surface area contributed by atoms with Crippen molar-refractivity contribution in [3.05, 3.63) is 70.8 Å². The maximum Gasteiger partial charge on any atom is 0.261 e. The number of nitrogens with one attached hydrogen (secondary N) is 1. The van der Waals surface area contributed by atoms with Crippen LogP contribution in [0.25, 0.3) is 0 Å². The number of carbonyl (C=O) groups is 3. The van der Waals surface area contributed by atoms with E-state index in [9.17, 15) is 22.8 Å². The average Bonchev–Trinajstić information content (AvgIpc) is 3.49. The zero-order valence-corrected chi connectivity index (χ0v) is 18.9. The van der Waals surface area contributed by atoms with Crippen LogP contribution in [0, 0.1) is 0 Å². The molecule has 33 heavy (non-hydrogen) atoms. The van der Waals surface area contributed by atoms with Crippen molar-refractivity contribution >= 4 is 27.6 Å². The first-order chi connectivity index (χ1) is 15.8. The number of amides is 3. The molecule has 2 aromatic carbocycles. The Morgan fingerprint density at radius 3 is 2.27 bits per heavy atom.